The number of nitro benzene ring substituents is 1. The summed E-state index contributed by atoms with van der Waals surface area (Å²) in [6, 6.07) is 7.41. The van der Waals surface area contributed by atoms with Crippen LogP contribution in [0.15, 0.2) is 41.0 Å². The summed E-state index contributed by atoms with van der Waals surface area (Å²) in [7, 11) is 1.63. The zero-order valence-corrected chi connectivity index (χ0v) is 16.1. The number of rotatable bonds is 5. The number of non-ortho nitro benzene ring substituents is 1. The molecule has 1 aliphatic heterocycles. The molecule has 2 amide bonds. The highest BCUT2D eigenvalue weighted by atomic mass is 35.5. The zero-order chi connectivity index (χ0) is 20.3. The van der Waals surface area contributed by atoms with Crippen LogP contribution in [0.5, 0.6) is 0 Å². The lowest BCUT2D eigenvalue weighted by atomic mass is 9.96. The van der Waals surface area contributed by atoms with Crippen LogP contribution in [0.3, 0.4) is 0 Å². The molecule has 0 radical (unpaired) electrons. The van der Waals surface area contributed by atoms with Crippen molar-refractivity contribution in [1.82, 2.24) is 9.80 Å². The van der Waals surface area contributed by atoms with E-state index in [1.165, 1.54) is 29.4 Å². The monoisotopic (exact) mass is 405 g/mol. The van der Waals surface area contributed by atoms with Gasteiger partial charge in [0.2, 0.25) is 5.91 Å². The number of piperidine rings is 1. The Balaban J connectivity index is 1.67. The van der Waals surface area contributed by atoms with Crippen molar-refractivity contribution in [2.45, 2.75) is 19.4 Å². The van der Waals surface area contributed by atoms with E-state index >= 15 is 0 Å². The second-order valence-corrected chi connectivity index (χ2v) is 7.20. The summed E-state index contributed by atoms with van der Waals surface area (Å²) in [6.07, 6.45) is 2.83. The molecule has 148 valence electrons. The predicted molar refractivity (Wildman–Crippen MR) is 102 cm³/mol. The fraction of sp³-hybridized carbons (Fsp3) is 0.368. The molecule has 1 aromatic heterocycles. The average Bonchev–Trinajstić information content (AvgIpc) is 3.23. The van der Waals surface area contributed by atoms with Crippen LogP contribution in [0.2, 0.25) is 5.02 Å². The summed E-state index contributed by atoms with van der Waals surface area (Å²) in [5, 5.41) is 11.3. The van der Waals surface area contributed by atoms with Gasteiger partial charge in [0.1, 0.15) is 0 Å². The number of halogens is 1. The average molecular weight is 406 g/mol. The Bertz CT molecular complexity index is 884. The Morgan fingerprint density at radius 1 is 1.39 bits per heavy atom. The highest BCUT2D eigenvalue weighted by molar-refractivity contribution is 6.31. The maximum absolute atomic E-state index is 12.9. The van der Waals surface area contributed by atoms with Gasteiger partial charge in [0, 0.05) is 43.8 Å². The third-order valence-corrected chi connectivity index (χ3v) is 5.18. The highest BCUT2D eigenvalue weighted by Crippen LogP contribution is 2.25. The SMILES string of the molecule is CN(Cc1cc([N+](=O)[O-])ccc1Cl)C(=O)[C@@H]1CCCN(C(=O)c2ccco2)C1. The molecule has 3 rings (SSSR count). The zero-order valence-electron chi connectivity index (χ0n) is 15.3. The largest absolute Gasteiger partial charge is 0.459 e. The van der Waals surface area contributed by atoms with Crippen molar-refractivity contribution in [1.29, 1.82) is 0 Å². The molecule has 2 aromatic rings. The first-order chi connectivity index (χ1) is 13.4. The Morgan fingerprint density at radius 2 is 2.18 bits per heavy atom. The molecule has 1 atom stereocenters. The minimum absolute atomic E-state index is 0.0758. The predicted octanol–water partition coefficient (Wildman–Crippen LogP) is 3.35. The molecule has 0 bridgehead atoms. The number of amides is 2. The van der Waals surface area contributed by atoms with Gasteiger partial charge in [0.25, 0.3) is 11.6 Å². The number of carbonyl (C=O) groups excluding carboxylic acids is 2. The molecule has 1 aliphatic rings. The van der Waals surface area contributed by atoms with Gasteiger partial charge in [-0.2, -0.15) is 0 Å². The molecule has 0 saturated carbocycles. The maximum Gasteiger partial charge on any atom is 0.289 e. The quantitative estimate of drug-likeness (QED) is 0.561. The van der Waals surface area contributed by atoms with Crippen LogP contribution in [0.4, 0.5) is 5.69 Å². The van der Waals surface area contributed by atoms with Crippen molar-refractivity contribution in [2.24, 2.45) is 5.92 Å². The molecular formula is C19H20ClN3O5. The van der Waals surface area contributed by atoms with Crippen molar-refractivity contribution in [3.05, 3.63) is 63.1 Å². The third-order valence-electron chi connectivity index (χ3n) is 4.81. The maximum atomic E-state index is 12.9. The highest BCUT2D eigenvalue weighted by Gasteiger charge is 2.31. The molecule has 0 unspecified atom stereocenters. The number of carbonyl (C=O) groups is 2. The lowest BCUT2D eigenvalue weighted by Gasteiger charge is -2.33. The number of likely N-dealkylation sites (tertiary alicyclic amines) is 1. The van der Waals surface area contributed by atoms with Crippen LogP contribution < -0.4 is 0 Å². The van der Waals surface area contributed by atoms with Crippen molar-refractivity contribution in [3.63, 3.8) is 0 Å². The normalized spacial score (nSPS) is 16.6. The van der Waals surface area contributed by atoms with Crippen LogP contribution >= 0.6 is 11.6 Å². The van der Waals surface area contributed by atoms with Gasteiger partial charge in [-0.25, -0.2) is 0 Å². The van der Waals surface area contributed by atoms with E-state index in [1.807, 2.05) is 0 Å². The number of hydrogen-bond acceptors (Lipinski definition) is 5. The van der Waals surface area contributed by atoms with E-state index in [0.717, 1.165) is 0 Å². The fourth-order valence-corrected chi connectivity index (χ4v) is 3.54. The van der Waals surface area contributed by atoms with E-state index in [-0.39, 0.29) is 35.7 Å². The number of nitro groups is 1. The third kappa shape index (κ3) is 4.33. The lowest BCUT2D eigenvalue weighted by molar-refractivity contribution is -0.384. The van der Waals surface area contributed by atoms with Gasteiger partial charge in [0.05, 0.1) is 17.1 Å². The molecule has 0 aliphatic carbocycles. The van der Waals surface area contributed by atoms with Gasteiger partial charge < -0.3 is 14.2 Å². The van der Waals surface area contributed by atoms with Crippen molar-refractivity contribution in [3.8, 4) is 0 Å². The van der Waals surface area contributed by atoms with Gasteiger partial charge >= 0.3 is 0 Å². The summed E-state index contributed by atoms with van der Waals surface area (Å²) in [6.45, 7) is 1.04. The second-order valence-electron chi connectivity index (χ2n) is 6.79. The van der Waals surface area contributed by atoms with E-state index in [0.29, 0.717) is 36.5 Å². The van der Waals surface area contributed by atoms with Crippen LogP contribution in [-0.2, 0) is 11.3 Å². The van der Waals surface area contributed by atoms with Crippen LogP contribution in [-0.4, -0.2) is 46.7 Å². The van der Waals surface area contributed by atoms with Crippen LogP contribution in [0, 0.1) is 16.0 Å². The van der Waals surface area contributed by atoms with E-state index < -0.39 is 4.92 Å². The molecule has 1 saturated heterocycles. The van der Waals surface area contributed by atoms with Gasteiger partial charge in [-0.3, -0.25) is 19.7 Å². The van der Waals surface area contributed by atoms with Crippen molar-refractivity contribution >= 4 is 29.1 Å². The number of nitrogens with zero attached hydrogens (tertiary/aromatic N) is 3. The Labute approximate surface area is 166 Å². The number of hydrogen-bond donors (Lipinski definition) is 0. The molecule has 28 heavy (non-hydrogen) atoms. The standard InChI is InChI=1S/C19H20ClN3O5/c1-21(11-14-10-15(23(26)27)6-7-16(14)20)18(24)13-4-2-8-22(12-13)19(25)17-5-3-9-28-17/h3,5-7,9-10,13H,2,4,8,11-12H2,1H3/t13-/m1/s1. The van der Waals surface area contributed by atoms with Gasteiger partial charge in [-0.05, 0) is 36.6 Å². The molecule has 0 spiro atoms. The fourth-order valence-electron chi connectivity index (χ4n) is 3.36. The first-order valence-electron chi connectivity index (χ1n) is 8.87. The minimum atomic E-state index is -0.499. The Hall–Kier alpha value is -2.87. The summed E-state index contributed by atoms with van der Waals surface area (Å²) >= 11 is 6.13. The van der Waals surface area contributed by atoms with E-state index in [4.69, 9.17) is 16.0 Å². The molecule has 8 nitrogen and oxygen atoms in total. The summed E-state index contributed by atoms with van der Waals surface area (Å²) in [4.78, 5) is 38.9. The second kappa shape index (κ2) is 8.43. The molecular weight excluding hydrogens is 386 g/mol. The molecule has 0 N–H and O–H groups in total. The summed E-state index contributed by atoms with van der Waals surface area (Å²) in [5.41, 5.74) is 0.430. The van der Waals surface area contributed by atoms with E-state index in [9.17, 15) is 19.7 Å². The van der Waals surface area contributed by atoms with Crippen molar-refractivity contribution in [2.75, 3.05) is 20.1 Å². The molecule has 1 fully saturated rings. The molecule has 2 heterocycles. The first kappa shape index (κ1) is 19.9. The lowest BCUT2D eigenvalue weighted by Crippen LogP contribution is -2.45. The Morgan fingerprint density at radius 3 is 2.86 bits per heavy atom. The van der Waals surface area contributed by atoms with Gasteiger partial charge in [0.15, 0.2) is 5.76 Å². The number of benzene rings is 1. The minimum Gasteiger partial charge on any atom is -0.459 e. The smallest absolute Gasteiger partial charge is 0.289 e. The molecule has 1 aromatic carbocycles. The number of furan rings is 1. The first-order valence-corrected chi connectivity index (χ1v) is 9.25. The topological polar surface area (TPSA) is 96.9 Å². The summed E-state index contributed by atoms with van der Waals surface area (Å²) in [5.74, 6) is -0.439. The Kier molecular flexibility index (Phi) is 5.99. The van der Waals surface area contributed by atoms with Gasteiger partial charge in [-0.15, -0.1) is 0 Å². The molecule has 9 heteroatoms. The van der Waals surface area contributed by atoms with Crippen LogP contribution in [0.1, 0.15) is 29.0 Å². The van der Waals surface area contributed by atoms with E-state index in [1.54, 1.807) is 24.1 Å². The van der Waals surface area contributed by atoms with Gasteiger partial charge in [-0.1, -0.05) is 11.6 Å². The summed E-state index contributed by atoms with van der Waals surface area (Å²) < 4.78 is 5.16. The van der Waals surface area contributed by atoms with Crippen molar-refractivity contribution < 1.29 is 18.9 Å². The van der Waals surface area contributed by atoms with Crippen LogP contribution in [0.25, 0.3) is 0 Å². The van der Waals surface area contributed by atoms with E-state index in [2.05, 4.69) is 0 Å².